The van der Waals surface area contributed by atoms with E-state index in [1.165, 1.54) is 61.9 Å². The monoisotopic (exact) mass is 589 g/mol. The maximum atomic E-state index is 12.7. The van der Waals surface area contributed by atoms with Crippen LogP contribution < -0.4 is 10.1 Å². The van der Waals surface area contributed by atoms with Gasteiger partial charge in [-0.1, -0.05) is 55.7 Å². The van der Waals surface area contributed by atoms with Crippen LogP contribution in [0.5, 0.6) is 5.75 Å². The van der Waals surface area contributed by atoms with Gasteiger partial charge in [0.15, 0.2) is 0 Å². The van der Waals surface area contributed by atoms with Crippen LogP contribution >= 0.6 is 0 Å². The summed E-state index contributed by atoms with van der Waals surface area (Å²) in [6, 6.07) is 22.3. The van der Waals surface area contributed by atoms with Crippen LogP contribution in [-0.4, -0.2) is 40.1 Å². The van der Waals surface area contributed by atoms with E-state index in [0.29, 0.717) is 39.6 Å². The lowest BCUT2D eigenvalue weighted by Gasteiger charge is -2.22. The number of rotatable bonds is 9. The third-order valence-electron chi connectivity index (χ3n) is 7.52. The molecule has 2 N–H and O–H groups in total. The number of aliphatic carboxylic acids is 1. The molecule has 10 heteroatoms. The number of benzene rings is 3. The summed E-state index contributed by atoms with van der Waals surface area (Å²) in [4.78, 5) is 23.2. The van der Waals surface area contributed by atoms with Crippen molar-refractivity contribution in [1.29, 1.82) is 0 Å². The van der Waals surface area contributed by atoms with Crippen molar-refractivity contribution >= 4 is 11.9 Å². The first kappa shape index (κ1) is 29.8. The number of aromatic nitrogens is 2. The molecule has 1 aliphatic rings. The van der Waals surface area contributed by atoms with Gasteiger partial charge in [0.25, 0.3) is 5.91 Å². The van der Waals surface area contributed by atoms with E-state index in [9.17, 15) is 22.8 Å². The van der Waals surface area contributed by atoms with Crippen molar-refractivity contribution in [3.63, 3.8) is 0 Å². The number of amides is 1. The molecule has 0 spiro atoms. The number of carboxylic acids is 1. The van der Waals surface area contributed by atoms with Crippen LogP contribution in [0.25, 0.3) is 33.6 Å². The normalized spacial score (nSPS) is 13.8. The summed E-state index contributed by atoms with van der Waals surface area (Å²) in [5, 5.41) is 20.3. The molecule has 1 heterocycles. The molecule has 0 bridgehead atoms. The summed E-state index contributed by atoms with van der Waals surface area (Å²) < 4.78 is 42.1. The first-order valence-corrected chi connectivity index (χ1v) is 14.1. The smallest absolute Gasteiger partial charge is 0.481 e. The second kappa shape index (κ2) is 13.1. The minimum Gasteiger partial charge on any atom is -0.481 e. The average Bonchev–Trinajstić information content (AvgIpc) is 3.01. The Morgan fingerprint density at radius 2 is 1.47 bits per heavy atom. The van der Waals surface area contributed by atoms with E-state index in [-0.39, 0.29) is 18.7 Å². The van der Waals surface area contributed by atoms with Gasteiger partial charge in [0.1, 0.15) is 11.4 Å². The molecule has 1 amide bonds. The Hall–Kier alpha value is -4.73. The third kappa shape index (κ3) is 7.77. The van der Waals surface area contributed by atoms with Crippen LogP contribution in [0.4, 0.5) is 13.2 Å². The van der Waals surface area contributed by atoms with Gasteiger partial charge < -0.3 is 15.2 Å². The topological polar surface area (TPSA) is 101 Å². The number of hydrogen-bond acceptors (Lipinski definition) is 5. The first-order chi connectivity index (χ1) is 20.7. The van der Waals surface area contributed by atoms with Crippen LogP contribution in [0.1, 0.15) is 60.4 Å². The highest BCUT2D eigenvalue weighted by molar-refractivity contribution is 5.95. The summed E-state index contributed by atoms with van der Waals surface area (Å²) in [5.41, 5.74) is 5.53. The lowest BCUT2D eigenvalue weighted by atomic mass is 9.84. The molecule has 1 fully saturated rings. The summed E-state index contributed by atoms with van der Waals surface area (Å²) in [6.07, 6.45) is 1.17. The zero-order chi connectivity index (χ0) is 30.4. The lowest BCUT2D eigenvalue weighted by Crippen LogP contribution is -2.25. The van der Waals surface area contributed by atoms with Crippen LogP contribution in [-0.2, 0) is 4.79 Å². The molecule has 0 aliphatic heterocycles. The fourth-order valence-corrected chi connectivity index (χ4v) is 5.33. The van der Waals surface area contributed by atoms with E-state index in [2.05, 4.69) is 32.4 Å². The molecule has 5 rings (SSSR count). The second-order valence-corrected chi connectivity index (χ2v) is 10.5. The molecule has 0 saturated heterocycles. The Kier molecular flexibility index (Phi) is 9.04. The van der Waals surface area contributed by atoms with Crippen LogP contribution in [0.15, 0.2) is 78.9 Å². The number of nitrogens with zero attached hydrogens (tertiary/aromatic N) is 2. The molecule has 0 atom stereocenters. The minimum atomic E-state index is -4.80. The summed E-state index contributed by atoms with van der Waals surface area (Å²) in [7, 11) is 0. The van der Waals surface area contributed by atoms with Crippen molar-refractivity contribution in [2.24, 2.45) is 0 Å². The average molecular weight is 590 g/mol. The third-order valence-corrected chi connectivity index (χ3v) is 7.52. The molecule has 4 aromatic rings. The minimum absolute atomic E-state index is 0.00524. The maximum absolute atomic E-state index is 12.7. The maximum Gasteiger partial charge on any atom is 0.573 e. The SMILES string of the molecule is O=C(O)CCNC(=O)c1ccc(-c2cc(-c3ccc(C4CCCCC4)cc3)nnc2-c2ccc(OC(F)(F)F)cc2)cc1. The number of nitrogens with one attached hydrogen (secondary N) is 1. The first-order valence-electron chi connectivity index (χ1n) is 14.1. The predicted molar refractivity (Wildman–Crippen MR) is 155 cm³/mol. The van der Waals surface area contributed by atoms with Crippen molar-refractivity contribution in [3.8, 4) is 39.4 Å². The van der Waals surface area contributed by atoms with Crippen molar-refractivity contribution in [1.82, 2.24) is 15.5 Å². The predicted octanol–water partition coefficient (Wildman–Crippen LogP) is 7.63. The number of hydrogen-bond donors (Lipinski definition) is 2. The highest BCUT2D eigenvalue weighted by Gasteiger charge is 2.31. The van der Waals surface area contributed by atoms with E-state index in [1.807, 2.05) is 18.2 Å². The Morgan fingerprint density at radius 1 is 0.837 bits per heavy atom. The Balaban J connectivity index is 1.47. The molecule has 0 unspecified atom stereocenters. The van der Waals surface area contributed by atoms with Crippen LogP contribution in [0, 0.1) is 0 Å². The van der Waals surface area contributed by atoms with Crippen molar-refractivity contribution < 1.29 is 32.6 Å². The van der Waals surface area contributed by atoms with Crippen LogP contribution in [0.3, 0.4) is 0 Å². The van der Waals surface area contributed by atoms with Gasteiger partial charge in [0.2, 0.25) is 0 Å². The fraction of sp³-hybridized carbons (Fsp3) is 0.273. The van der Waals surface area contributed by atoms with E-state index in [0.717, 1.165) is 5.56 Å². The fourth-order valence-electron chi connectivity index (χ4n) is 5.33. The summed E-state index contributed by atoms with van der Waals surface area (Å²) in [5.74, 6) is -1.19. The quantitative estimate of drug-likeness (QED) is 0.208. The largest absolute Gasteiger partial charge is 0.573 e. The van der Waals surface area contributed by atoms with E-state index >= 15 is 0 Å². The second-order valence-electron chi connectivity index (χ2n) is 10.5. The molecule has 7 nitrogen and oxygen atoms in total. The Labute approximate surface area is 246 Å². The van der Waals surface area contributed by atoms with Gasteiger partial charge in [-0.3, -0.25) is 9.59 Å². The molecule has 43 heavy (non-hydrogen) atoms. The van der Waals surface area contributed by atoms with Gasteiger partial charge in [-0.25, -0.2) is 0 Å². The van der Waals surface area contributed by atoms with Crippen molar-refractivity contribution in [2.75, 3.05) is 6.54 Å². The van der Waals surface area contributed by atoms with Gasteiger partial charge in [-0.15, -0.1) is 23.4 Å². The molecule has 222 valence electrons. The zero-order valence-corrected chi connectivity index (χ0v) is 23.2. The van der Waals surface area contributed by atoms with E-state index in [1.54, 1.807) is 24.3 Å². The number of carbonyl (C=O) groups is 2. The van der Waals surface area contributed by atoms with Gasteiger partial charge in [-0.2, -0.15) is 0 Å². The number of carboxylic acid groups (broad SMARTS) is 1. The number of halogens is 3. The number of carbonyl (C=O) groups excluding carboxylic acids is 1. The van der Waals surface area contributed by atoms with Crippen LogP contribution in [0.2, 0.25) is 0 Å². The molecule has 1 aliphatic carbocycles. The number of ether oxygens (including phenoxy) is 1. The molecule has 3 aromatic carbocycles. The van der Waals surface area contributed by atoms with Gasteiger partial charge in [0.05, 0.1) is 12.1 Å². The molecule has 1 aromatic heterocycles. The standard InChI is InChI=1S/C33H30F3N3O4/c34-33(35,36)43-27-16-14-25(15-17-27)31-28(23-8-12-26(13-9-23)32(42)37-19-18-30(40)41)20-29(38-39-31)24-10-6-22(7-11-24)21-4-2-1-3-5-21/h6-17,20-21H,1-5,18-19H2,(H,37,42)(H,40,41). The highest BCUT2D eigenvalue weighted by atomic mass is 19.4. The van der Waals surface area contributed by atoms with Gasteiger partial charge in [-0.05, 0) is 72.4 Å². The lowest BCUT2D eigenvalue weighted by molar-refractivity contribution is -0.274. The Morgan fingerprint density at radius 3 is 2.09 bits per heavy atom. The molecular weight excluding hydrogens is 559 g/mol. The number of alkyl halides is 3. The van der Waals surface area contributed by atoms with E-state index in [4.69, 9.17) is 5.11 Å². The highest BCUT2D eigenvalue weighted by Crippen LogP contribution is 2.36. The van der Waals surface area contributed by atoms with E-state index < -0.39 is 18.2 Å². The van der Waals surface area contributed by atoms with Crippen molar-refractivity contribution in [3.05, 3.63) is 90.0 Å². The van der Waals surface area contributed by atoms with Gasteiger partial charge >= 0.3 is 12.3 Å². The Bertz CT molecular complexity index is 1570. The van der Waals surface area contributed by atoms with Crippen molar-refractivity contribution in [2.45, 2.75) is 50.8 Å². The van der Waals surface area contributed by atoms with Gasteiger partial charge in [0, 0.05) is 28.8 Å². The zero-order valence-electron chi connectivity index (χ0n) is 23.2. The molecule has 0 radical (unpaired) electrons. The molecular formula is C33H30F3N3O4. The molecule has 1 saturated carbocycles. The summed E-state index contributed by atoms with van der Waals surface area (Å²) in [6.45, 7) is 0.00524. The summed E-state index contributed by atoms with van der Waals surface area (Å²) >= 11 is 0.